The Kier molecular flexibility index (Phi) is 6.20. The zero-order valence-electron chi connectivity index (χ0n) is 31.6. The third kappa shape index (κ3) is 4.08. The van der Waals surface area contributed by atoms with E-state index in [1.54, 1.807) is 12.0 Å². The first-order chi connectivity index (χ1) is 27.1. The molecule has 8 atom stereocenters. The Bertz CT molecular complexity index is 2890. The maximum Gasteiger partial charge on any atom is 0.00433 e. The molecule has 266 valence electrons. The van der Waals surface area contributed by atoms with Crippen LogP contribution in [0, 0.1) is 40.9 Å². The van der Waals surface area contributed by atoms with Gasteiger partial charge in [-0.05, 0) is 180 Å². The van der Waals surface area contributed by atoms with Gasteiger partial charge in [0.2, 0.25) is 0 Å². The summed E-state index contributed by atoms with van der Waals surface area (Å²) in [6.45, 7) is 2.75. The van der Waals surface area contributed by atoms with Gasteiger partial charge in [-0.25, -0.2) is 0 Å². The molecule has 55 heavy (non-hydrogen) atoms. The van der Waals surface area contributed by atoms with E-state index in [4.69, 9.17) is 0 Å². The maximum absolute atomic E-state index is 2.75. The minimum atomic E-state index is 0.385. The fourth-order valence-electron chi connectivity index (χ4n) is 14.8. The molecule has 0 N–H and O–H groups in total. The first-order valence-electron chi connectivity index (χ1n) is 21.1. The molecule has 7 saturated carbocycles. The number of fused-ring (bicyclic) bond motifs is 4. The maximum atomic E-state index is 2.75. The zero-order chi connectivity index (χ0) is 36.0. The molecule has 8 aromatic carbocycles. The van der Waals surface area contributed by atoms with Crippen LogP contribution < -0.4 is 0 Å². The molecule has 8 aromatic rings. The molecule has 7 aliphatic rings. The Balaban J connectivity index is 1.01. The Hall–Kier alpha value is -5.20. The minimum Gasteiger partial charge on any atom is -0.0616 e. The third-order valence-corrected chi connectivity index (χ3v) is 16.6. The fourth-order valence-corrected chi connectivity index (χ4v) is 14.8. The average Bonchev–Trinajstić information content (AvgIpc) is 3.24. The predicted octanol–water partition coefficient (Wildman–Crippen LogP) is 14.7. The summed E-state index contributed by atoms with van der Waals surface area (Å²) in [4.78, 5) is 0. The number of rotatable bonds is 4. The minimum absolute atomic E-state index is 0.385. The third-order valence-electron chi connectivity index (χ3n) is 16.6. The van der Waals surface area contributed by atoms with Crippen LogP contribution in [0.5, 0.6) is 0 Å². The van der Waals surface area contributed by atoms with Gasteiger partial charge in [0.05, 0.1) is 0 Å². The molecule has 0 amide bonds. The highest BCUT2D eigenvalue weighted by Gasteiger charge is 2.74. The topological polar surface area (TPSA) is 0 Å². The van der Waals surface area contributed by atoms with E-state index < -0.39 is 0 Å². The molecule has 7 aliphatic carbocycles. The van der Waals surface area contributed by atoms with Crippen LogP contribution in [0.15, 0.2) is 152 Å². The van der Waals surface area contributed by atoms with Gasteiger partial charge in [0.15, 0.2) is 0 Å². The highest BCUT2D eigenvalue weighted by atomic mass is 14.8. The van der Waals surface area contributed by atoms with Crippen LogP contribution in [-0.2, 0) is 5.41 Å². The van der Waals surface area contributed by atoms with E-state index in [-0.39, 0.29) is 0 Å². The van der Waals surface area contributed by atoms with Gasteiger partial charge < -0.3 is 0 Å². The van der Waals surface area contributed by atoms with Crippen molar-refractivity contribution in [1.29, 1.82) is 0 Å². The van der Waals surface area contributed by atoms with Gasteiger partial charge in [-0.15, -0.1) is 0 Å². The van der Waals surface area contributed by atoms with E-state index in [2.05, 4.69) is 159 Å². The van der Waals surface area contributed by atoms with Gasteiger partial charge >= 0.3 is 0 Å². The van der Waals surface area contributed by atoms with Gasteiger partial charge in [0.1, 0.15) is 0 Å². The summed E-state index contributed by atoms with van der Waals surface area (Å²) in [5.41, 5.74) is 10.4. The lowest BCUT2D eigenvalue weighted by atomic mass is 9.25. The lowest BCUT2D eigenvalue weighted by molar-refractivity contribution is -0.266. The highest BCUT2D eigenvalue weighted by Crippen LogP contribution is 2.80. The van der Waals surface area contributed by atoms with Gasteiger partial charge in [-0.1, -0.05) is 140 Å². The molecule has 0 radical (unpaired) electrons. The summed E-state index contributed by atoms with van der Waals surface area (Å²) in [5.74, 6) is 5.81. The summed E-state index contributed by atoms with van der Waals surface area (Å²) in [6, 6.07) is 58.2. The molecule has 0 spiro atoms. The van der Waals surface area contributed by atoms with Crippen LogP contribution in [0.2, 0.25) is 0 Å². The lowest BCUT2D eigenvalue weighted by Gasteiger charge is -2.79. The van der Waals surface area contributed by atoms with Gasteiger partial charge in [0.25, 0.3) is 0 Å². The standard InChI is InChI=1S/C55H46/c1-54-31-33-24-47-48-25-34(26-50(47)54)32-55(54,51(48)27-33)43-21-18-37(19-22-43)40-20-23-46-49(30-40)53(42-17-15-36-9-3-5-11-39(36)29-42)45-13-7-6-12-44(45)52(46)41-16-14-35-8-2-4-10-38(35)28-41/h2-23,28-30,33-34,47-48,50-51H,24-27,31-32H2,1H3. The molecule has 0 saturated heterocycles. The van der Waals surface area contributed by atoms with Gasteiger partial charge in [-0.3, -0.25) is 0 Å². The van der Waals surface area contributed by atoms with Crippen molar-refractivity contribution in [1.82, 2.24) is 0 Å². The number of benzene rings is 8. The molecule has 0 aliphatic heterocycles. The summed E-state index contributed by atoms with van der Waals surface area (Å²) in [6.07, 6.45) is 9.00. The molecule has 8 bridgehead atoms. The largest absolute Gasteiger partial charge is 0.0616 e. The zero-order valence-corrected chi connectivity index (χ0v) is 31.6. The molecular weight excluding hydrogens is 661 g/mol. The molecule has 0 aromatic heterocycles. The normalized spacial score (nSPS) is 30.0. The van der Waals surface area contributed by atoms with Crippen LogP contribution in [-0.4, -0.2) is 0 Å². The van der Waals surface area contributed by atoms with E-state index in [9.17, 15) is 0 Å². The molecule has 0 heterocycles. The highest BCUT2D eigenvalue weighted by molar-refractivity contribution is 6.22. The van der Waals surface area contributed by atoms with Crippen molar-refractivity contribution >= 4 is 43.1 Å². The summed E-state index contributed by atoms with van der Waals surface area (Å²) in [5, 5.41) is 10.4. The van der Waals surface area contributed by atoms with Crippen LogP contribution in [0.25, 0.3) is 76.5 Å². The van der Waals surface area contributed by atoms with E-state index in [0.29, 0.717) is 10.8 Å². The Morgan fingerprint density at radius 1 is 0.400 bits per heavy atom. The average molecular weight is 707 g/mol. The van der Waals surface area contributed by atoms with E-state index in [1.807, 2.05) is 0 Å². The summed E-state index contributed by atoms with van der Waals surface area (Å²) >= 11 is 0. The van der Waals surface area contributed by atoms with Crippen molar-refractivity contribution in [2.45, 2.75) is 50.9 Å². The Morgan fingerprint density at radius 2 is 0.909 bits per heavy atom. The first kappa shape index (κ1) is 31.1. The molecule has 8 unspecified atom stereocenters. The predicted molar refractivity (Wildman–Crippen MR) is 231 cm³/mol. The second kappa shape index (κ2) is 11.0. The Morgan fingerprint density at radius 3 is 1.58 bits per heavy atom. The van der Waals surface area contributed by atoms with Crippen molar-refractivity contribution in [3.8, 4) is 33.4 Å². The monoisotopic (exact) mass is 706 g/mol. The van der Waals surface area contributed by atoms with Crippen LogP contribution >= 0.6 is 0 Å². The van der Waals surface area contributed by atoms with Gasteiger partial charge in [-0.2, -0.15) is 0 Å². The van der Waals surface area contributed by atoms with E-state index in [0.717, 1.165) is 35.5 Å². The van der Waals surface area contributed by atoms with E-state index >= 15 is 0 Å². The molecule has 15 rings (SSSR count). The van der Waals surface area contributed by atoms with Crippen LogP contribution in [0.3, 0.4) is 0 Å². The van der Waals surface area contributed by atoms with Crippen molar-refractivity contribution in [2.75, 3.05) is 0 Å². The lowest BCUT2D eigenvalue weighted by Crippen LogP contribution is -2.74. The fraction of sp³-hybridized carbons (Fsp3) is 0.273. The van der Waals surface area contributed by atoms with Gasteiger partial charge in [0, 0.05) is 5.41 Å². The van der Waals surface area contributed by atoms with Crippen molar-refractivity contribution in [3.63, 3.8) is 0 Å². The summed E-state index contributed by atoms with van der Waals surface area (Å²) < 4.78 is 0. The van der Waals surface area contributed by atoms with Crippen LogP contribution in [0.1, 0.15) is 51.0 Å². The van der Waals surface area contributed by atoms with Crippen LogP contribution in [0.4, 0.5) is 0 Å². The van der Waals surface area contributed by atoms with Crippen molar-refractivity contribution in [2.24, 2.45) is 40.9 Å². The van der Waals surface area contributed by atoms with Crippen molar-refractivity contribution < 1.29 is 0 Å². The Labute approximate surface area is 324 Å². The molecule has 0 heteroatoms. The first-order valence-corrected chi connectivity index (χ1v) is 21.1. The summed E-state index contributed by atoms with van der Waals surface area (Å²) in [7, 11) is 0. The molecular formula is C55H46. The van der Waals surface area contributed by atoms with Crippen molar-refractivity contribution in [3.05, 3.63) is 157 Å². The smallest absolute Gasteiger partial charge is 0.00433 e. The quantitative estimate of drug-likeness (QED) is 0.160. The van der Waals surface area contributed by atoms with E-state index in [1.165, 1.54) is 109 Å². The SMILES string of the molecule is CC12CC3CC4C5CC(CC41)CC2(c1ccc(-c2ccc4c(-c6ccc7ccccc7c6)c6ccccc6c(-c6ccc7ccccc7c6)c4c2)cc1)C5C3. The number of hydrogen-bond acceptors (Lipinski definition) is 0. The number of hydrogen-bond donors (Lipinski definition) is 0. The second-order valence-corrected chi connectivity index (χ2v) is 18.8. The second-order valence-electron chi connectivity index (χ2n) is 18.8. The molecule has 7 fully saturated rings. The molecule has 0 nitrogen and oxygen atoms in total.